The Morgan fingerprint density at radius 2 is 0.953 bits per heavy atom. The second kappa shape index (κ2) is 19.3. The number of piperidine rings is 2. The van der Waals surface area contributed by atoms with Crippen molar-refractivity contribution >= 4 is 58.6 Å². The molecule has 332 valence electrons. The summed E-state index contributed by atoms with van der Waals surface area (Å²) in [5, 5.41) is 13.9. The first-order valence-corrected chi connectivity index (χ1v) is 20.9. The Bertz CT molecular complexity index is 2330. The van der Waals surface area contributed by atoms with E-state index in [9.17, 15) is 43.5 Å². The first-order valence-electron chi connectivity index (χ1n) is 20.9. The molecule has 3 N–H and O–H groups in total. The predicted molar refractivity (Wildman–Crippen MR) is 232 cm³/mol. The average molecular weight is 873 g/mol. The zero-order valence-corrected chi connectivity index (χ0v) is 35.6. The molecule has 17 nitrogen and oxygen atoms in total. The molecule has 2 saturated heterocycles. The number of nitrogens with zero attached hydrogens (tertiary/aromatic N) is 4. The van der Waals surface area contributed by atoms with Gasteiger partial charge in [0.15, 0.2) is 0 Å². The van der Waals surface area contributed by atoms with Crippen molar-refractivity contribution in [1.29, 1.82) is 0 Å². The van der Waals surface area contributed by atoms with Gasteiger partial charge < -0.3 is 24.4 Å². The van der Waals surface area contributed by atoms with E-state index in [1.54, 1.807) is 44.6 Å². The number of carbonyl (C=O) groups excluding carboxylic acids is 8. The maximum absolute atomic E-state index is 13.1. The number of aliphatic hydroxyl groups excluding tert-OH is 1. The van der Waals surface area contributed by atoms with Crippen LogP contribution in [0.2, 0.25) is 0 Å². The number of amides is 8. The van der Waals surface area contributed by atoms with Gasteiger partial charge in [0.25, 0.3) is 23.6 Å². The van der Waals surface area contributed by atoms with Crippen LogP contribution in [-0.4, -0.2) is 108 Å². The highest BCUT2D eigenvalue weighted by Gasteiger charge is 2.46. The summed E-state index contributed by atoms with van der Waals surface area (Å²) < 4.78 is 10.4. The van der Waals surface area contributed by atoms with Gasteiger partial charge in [0, 0.05) is 50.4 Å². The van der Waals surface area contributed by atoms with E-state index in [1.807, 2.05) is 59.5 Å². The Balaban J connectivity index is 0.000000191. The molecule has 4 aromatic rings. The largest absolute Gasteiger partial charge is 0.497 e. The number of hydrogen-bond acceptors (Lipinski definition) is 13. The van der Waals surface area contributed by atoms with Gasteiger partial charge in [0.1, 0.15) is 23.6 Å². The molecule has 0 saturated carbocycles. The number of benzene rings is 4. The number of nitrogens with one attached hydrogen (secondary N) is 2. The molecule has 0 aliphatic carbocycles. The monoisotopic (exact) mass is 872 g/mol. The number of hydrogen-bond donors (Lipinski definition) is 3. The van der Waals surface area contributed by atoms with E-state index in [-0.39, 0.29) is 60.5 Å². The van der Waals surface area contributed by atoms with Crippen molar-refractivity contribution < 1.29 is 52.9 Å². The fourth-order valence-electron chi connectivity index (χ4n) is 8.20. The summed E-state index contributed by atoms with van der Waals surface area (Å²) in [6.07, 6.45) is 1.32. The van der Waals surface area contributed by atoms with Gasteiger partial charge in [0.05, 0.1) is 43.1 Å². The molecule has 0 bridgehead atoms. The van der Waals surface area contributed by atoms with Crippen molar-refractivity contribution in [2.24, 2.45) is 0 Å². The van der Waals surface area contributed by atoms with Crippen LogP contribution in [0.25, 0.3) is 0 Å². The van der Waals surface area contributed by atoms with Crippen LogP contribution >= 0.6 is 0 Å². The molecule has 2 atom stereocenters. The molecule has 4 aromatic carbocycles. The van der Waals surface area contributed by atoms with E-state index in [0.717, 1.165) is 51.1 Å². The smallest absolute Gasteiger partial charge is 0.262 e. The highest BCUT2D eigenvalue weighted by molar-refractivity contribution is 6.24. The third kappa shape index (κ3) is 9.20. The van der Waals surface area contributed by atoms with E-state index in [4.69, 9.17) is 9.47 Å². The van der Waals surface area contributed by atoms with Crippen molar-refractivity contribution in [3.05, 3.63) is 118 Å². The quantitative estimate of drug-likeness (QED) is 0.155. The molecule has 17 heteroatoms. The number of aliphatic hydroxyl groups is 1. The van der Waals surface area contributed by atoms with Gasteiger partial charge in [-0.2, -0.15) is 0 Å². The van der Waals surface area contributed by atoms with Gasteiger partial charge in [0.2, 0.25) is 23.6 Å². The van der Waals surface area contributed by atoms with E-state index < -0.39 is 53.4 Å². The van der Waals surface area contributed by atoms with Crippen LogP contribution in [0.4, 0.5) is 11.4 Å². The molecule has 64 heavy (non-hydrogen) atoms. The van der Waals surface area contributed by atoms with Crippen LogP contribution in [0, 0.1) is 0 Å². The van der Waals surface area contributed by atoms with Crippen molar-refractivity contribution in [2.75, 3.05) is 43.7 Å². The minimum atomic E-state index is -1.00. The van der Waals surface area contributed by atoms with Crippen molar-refractivity contribution in [2.45, 2.75) is 64.2 Å². The highest BCUT2D eigenvalue weighted by Crippen LogP contribution is 2.33. The first kappa shape index (κ1) is 44.6. The topological polar surface area (TPSA) is 212 Å². The van der Waals surface area contributed by atoms with E-state index in [1.165, 1.54) is 0 Å². The summed E-state index contributed by atoms with van der Waals surface area (Å²) in [6.45, 7) is 4.18. The van der Waals surface area contributed by atoms with Crippen LogP contribution < -0.4 is 29.9 Å². The van der Waals surface area contributed by atoms with E-state index in [0.29, 0.717) is 25.3 Å². The minimum Gasteiger partial charge on any atom is -0.497 e. The van der Waals surface area contributed by atoms with Gasteiger partial charge >= 0.3 is 0 Å². The van der Waals surface area contributed by atoms with Gasteiger partial charge in [-0.05, 0) is 91.1 Å². The fraction of sp³-hybridized carbons (Fsp3) is 0.319. The second-order valence-corrected chi connectivity index (χ2v) is 15.6. The lowest BCUT2D eigenvalue weighted by atomic mass is 10.0. The van der Waals surface area contributed by atoms with Gasteiger partial charge in [-0.1, -0.05) is 31.2 Å². The number of methoxy groups -OCH3 is 2. The molecule has 8 rings (SSSR count). The van der Waals surface area contributed by atoms with Crippen molar-refractivity contribution in [1.82, 2.24) is 20.4 Å². The molecule has 0 spiro atoms. The third-order valence-electron chi connectivity index (χ3n) is 11.5. The molecule has 2 fully saturated rings. The number of imide groups is 4. The normalized spacial score (nSPS) is 17.9. The maximum Gasteiger partial charge on any atom is 0.262 e. The summed E-state index contributed by atoms with van der Waals surface area (Å²) in [4.78, 5) is 105. The predicted octanol–water partition coefficient (Wildman–Crippen LogP) is 3.61. The Hall–Kier alpha value is -7.40. The lowest BCUT2D eigenvalue weighted by molar-refractivity contribution is -0.137. The van der Waals surface area contributed by atoms with Crippen LogP contribution in [0.15, 0.2) is 84.9 Å². The zero-order chi connectivity index (χ0) is 45.7. The Kier molecular flexibility index (Phi) is 13.5. The van der Waals surface area contributed by atoms with Crippen molar-refractivity contribution in [3.8, 4) is 11.5 Å². The maximum atomic E-state index is 13.1. The number of ether oxygens (including phenoxy) is 2. The second-order valence-electron chi connectivity index (χ2n) is 15.6. The summed E-state index contributed by atoms with van der Waals surface area (Å²) >= 11 is 0. The SMILES string of the molecule is CCCN(Cc1ccc(OC)cc1)c1ccc2c(c1)C(=O)N(C1CCC(=O)NC1=O)C2=O.COc1ccc(CN(CCO)c2ccc3c(c2)C(=O)N(C2CCC(=O)NC2=O)C3=O)cc1. The Morgan fingerprint density at radius 1 is 0.562 bits per heavy atom. The fourth-order valence-corrected chi connectivity index (χ4v) is 8.20. The molecule has 8 amide bonds. The van der Waals surface area contributed by atoms with E-state index in [2.05, 4.69) is 22.5 Å². The Labute approximate surface area is 368 Å². The molecular weight excluding hydrogens is 825 g/mol. The molecule has 2 unspecified atom stereocenters. The lowest BCUT2D eigenvalue weighted by Crippen LogP contribution is -2.54. The molecular formula is C47H48N6O11. The van der Waals surface area contributed by atoms with Crippen LogP contribution in [0.1, 0.15) is 91.6 Å². The molecule has 0 radical (unpaired) electrons. The molecule has 4 aliphatic heterocycles. The van der Waals surface area contributed by atoms with Gasteiger partial charge in [-0.25, -0.2) is 0 Å². The number of anilines is 2. The highest BCUT2D eigenvalue weighted by atomic mass is 16.5. The first-order chi connectivity index (χ1) is 30.8. The molecule has 0 aromatic heterocycles. The van der Waals surface area contributed by atoms with Crippen LogP contribution in [0.3, 0.4) is 0 Å². The average Bonchev–Trinajstić information content (AvgIpc) is 3.69. The zero-order valence-electron chi connectivity index (χ0n) is 35.6. The summed E-state index contributed by atoms with van der Waals surface area (Å²) in [6, 6.07) is 23.4. The van der Waals surface area contributed by atoms with Crippen LogP contribution in [0.5, 0.6) is 11.5 Å². The van der Waals surface area contributed by atoms with Gasteiger partial charge in [-0.15, -0.1) is 0 Å². The van der Waals surface area contributed by atoms with Crippen molar-refractivity contribution in [3.63, 3.8) is 0 Å². The van der Waals surface area contributed by atoms with E-state index >= 15 is 0 Å². The van der Waals surface area contributed by atoms with Gasteiger partial charge in [-0.3, -0.25) is 58.8 Å². The Morgan fingerprint density at radius 3 is 1.31 bits per heavy atom. The minimum absolute atomic E-state index is 0.0706. The molecule has 4 aliphatic rings. The number of fused-ring (bicyclic) bond motifs is 2. The third-order valence-corrected chi connectivity index (χ3v) is 11.5. The number of rotatable bonds is 14. The molecule has 4 heterocycles. The lowest BCUT2D eigenvalue weighted by Gasteiger charge is -2.27. The summed E-state index contributed by atoms with van der Waals surface area (Å²) in [5.41, 5.74) is 4.55. The van der Waals surface area contributed by atoms with Crippen LogP contribution in [-0.2, 0) is 32.3 Å². The summed E-state index contributed by atoms with van der Waals surface area (Å²) in [7, 11) is 3.22. The standard InChI is InChI=1S/C24H25N3O5.C23H23N3O6/c1-3-12-26(14-15-4-7-17(32-2)8-5-15)16-6-9-18-19(13-16)24(31)27(23(18)30)20-10-11-21(28)25-22(20)29;1-32-16-5-2-14(3-6-16)13-25(10-11-27)15-4-7-17-18(12-15)23(31)26(22(17)30)19-8-9-20(28)24-21(19)29/h4-9,13,20H,3,10-12,14H2,1-2H3,(H,25,28,29);2-7,12,19,27H,8-11,13H2,1H3,(H,24,28,29). The summed E-state index contributed by atoms with van der Waals surface area (Å²) in [5.74, 6) is -2.64. The number of carbonyl (C=O) groups is 8.